The first kappa shape index (κ1) is 18.0. The minimum atomic E-state index is -1.68. The second-order valence-corrected chi connectivity index (χ2v) is 12.6. The first-order valence-corrected chi connectivity index (χ1v) is 11.4. The molecule has 1 aliphatic carbocycles. The molecule has 1 aliphatic rings. The third-order valence-corrected chi connectivity index (χ3v) is 9.66. The van der Waals surface area contributed by atoms with Crippen molar-refractivity contribution in [3.8, 4) is 11.8 Å². The lowest BCUT2D eigenvalue weighted by Crippen LogP contribution is -2.40. The number of ketones is 1. The van der Waals surface area contributed by atoms with Crippen LogP contribution < -0.4 is 0 Å². The summed E-state index contributed by atoms with van der Waals surface area (Å²) in [6, 6.07) is 8.04. The van der Waals surface area contributed by atoms with Gasteiger partial charge in [0, 0.05) is 30.9 Å². The molecule has 1 atom stereocenters. The van der Waals surface area contributed by atoms with E-state index in [1.54, 1.807) is 0 Å². The van der Waals surface area contributed by atoms with E-state index in [-0.39, 0.29) is 11.0 Å². The highest BCUT2D eigenvalue weighted by atomic mass is 28.4. The highest BCUT2D eigenvalue weighted by Gasteiger charge is 2.36. The van der Waals surface area contributed by atoms with E-state index in [0.717, 1.165) is 24.0 Å². The summed E-state index contributed by atoms with van der Waals surface area (Å²) in [6.45, 7) is 12.0. The maximum absolute atomic E-state index is 11.7. The van der Waals surface area contributed by atoms with Gasteiger partial charge in [-0.3, -0.25) is 4.79 Å². The zero-order chi connectivity index (χ0) is 17.1. The standard InChI is InChI=1S/C20H28O2Si/c1-20(2,3)23(4,5)22-15-9-8-11-16-10-6-7-12-17(16)18-13-14-19(18)21/h6-7,10,12,18H,9,13-15H2,1-5H3. The van der Waals surface area contributed by atoms with E-state index in [0.29, 0.717) is 18.8 Å². The summed E-state index contributed by atoms with van der Waals surface area (Å²) in [5.74, 6) is 6.88. The van der Waals surface area contributed by atoms with Gasteiger partial charge in [-0.05, 0) is 36.2 Å². The quantitative estimate of drug-likeness (QED) is 0.446. The number of carbonyl (C=O) groups excluding carboxylic acids is 1. The summed E-state index contributed by atoms with van der Waals surface area (Å²) >= 11 is 0. The Morgan fingerprint density at radius 1 is 1.26 bits per heavy atom. The molecule has 1 unspecified atom stereocenters. The molecule has 0 bridgehead atoms. The van der Waals surface area contributed by atoms with Crippen molar-refractivity contribution in [3.63, 3.8) is 0 Å². The topological polar surface area (TPSA) is 26.3 Å². The molecule has 1 aromatic rings. The molecule has 2 rings (SSSR count). The monoisotopic (exact) mass is 328 g/mol. The predicted octanol–water partition coefficient (Wildman–Crippen LogP) is 4.90. The lowest BCUT2D eigenvalue weighted by molar-refractivity contribution is -0.125. The molecule has 0 aromatic heterocycles. The fraction of sp³-hybridized carbons (Fsp3) is 0.550. The maximum atomic E-state index is 11.7. The normalized spacial score (nSPS) is 18.1. The Kier molecular flexibility index (Phi) is 5.49. The minimum Gasteiger partial charge on any atom is -0.416 e. The third kappa shape index (κ3) is 4.34. The fourth-order valence-corrected chi connectivity index (χ4v) is 3.43. The molecule has 0 radical (unpaired) electrons. The highest BCUT2D eigenvalue weighted by molar-refractivity contribution is 6.74. The average molecular weight is 329 g/mol. The first-order chi connectivity index (χ1) is 10.7. The van der Waals surface area contributed by atoms with Crippen LogP contribution in [0, 0.1) is 11.8 Å². The largest absolute Gasteiger partial charge is 0.416 e. The smallest absolute Gasteiger partial charge is 0.192 e. The molecule has 23 heavy (non-hydrogen) atoms. The number of hydrogen-bond donors (Lipinski definition) is 0. The Morgan fingerprint density at radius 2 is 1.96 bits per heavy atom. The Bertz CT molecular complexity index is 629. The van der Waals surface area contributed by atoms with Gasteiger partial charge in [-0.1, -0.05) is 50.8 Å². The van der Waals surface area contributed by atoms with Crippen LogP contribution in [-0.4, -0.2) is 20.7 Å². The van der Waals surface area contributed by atoms with E-state index < -0.39 is 8.32 Å². The van der Waals surface area contributed by atoms with Gasteiger partial charge >= 0.3 is 0 Å². The van der Waals surface area contributed by atoms with Crippen molar-refractivity contribution >= 4 is 14.1 Å². The van der Waals surface area contributed by atoms with Gasteiger partial charge in [0.15, 0.2) is 8.32 Å². The van der Waals surface area contributed by atoms with E-state index in [9.17, 15) is 4.79 Å². The van der Waals surface area contributed by atoms with Crippen molar-refractivity contribution in [1.82, 2.24) is 0 Å². The van der Waals surface area contributed by atoms with Crippen molar-refractivity contribution in [1.29, 1.82) is 0 Å². The molecule has 3 heteroatoms. The molecule has 1 fully saturated rings. The van der Waals surface area contributed by atoms with Crippen LogP contribution in [0.4, 0.5) is 0 Å². The summed E-state index contributed by atoms with van der Waals surface area (Å²) in [5, 5.41) is 0.234. The molecule has 0 N–H and O–H groups in total. The number of carbonyl (C=O) groups is 1. The molecular formula is C20H28O2Si. The molecule has 0 spiro atoms. The number of Topliss-reactive ketones (excluding diaryl/α,β-unsaturated/α-hetero) is 1. The molecule has 1 aromatic carbocycles. The summed E-state index contributed by atoms with van der Waals surface area (Å²) in [4.78, 5) is 11.7. The first-order valence-electron chi connectivity index (χ1n) is 8.47. The minimum absolute atomic E-state index is 0.0731. The van der Waals surface area contributed by atoms with Crippen LogP contribution in [0.2, 0.25) is 18.1 Å². The Labute approximate surface area is 141 Å². The third-order valence-electron chi connectivity index (χ3n) is 5.12. The fourth-order valence-electron chi connectivity index (χ4n) is 2.38. The van der Waals surface area contributed by atoms with Crippen LogP contribution in [0.5, 0.6) is 0 Å². The Morgan fingerprint density at radius 3 is 2.52 bits per heavy atom. The number of rotatable bonds is 4. The molecule has 1 saturated carbocycles. The van der Waals surface area contributed by atoms with Gasteiger partial charge in [0.25, 0.3) is 0 Å². The molecule has 0 heterocycles. The van der Waals surface area contributed by atoms with Crippen LogP contribution in [0.3, 0.4) is 0 Å². The zero-order valence-corrected chi connectivity index (χ0v) is 16.0. The van der Waals surface area contributed by atoms with Gasteiger partial charge in [0.05, 0.1) is 0 Å². The van der Waals surface area contributed by atoms with Gasteiger partial charge in [0.2, 0.25) is 0 Å². The van der Waals surface area contributed by atoms with Crippen LogP contribution in [-0.2, 0) is 9.22 Å². The molecular weight excluding hydrogens is 300 g/mol. The van der Waals surface area contributed by atoms with Gasteiger partial charge < -0.3 is 4.43 Å². The van der Waals surface area contributed by atoms with Crippen molar-refractivity contribution < 1.29 is 9.22 Å². The average Bonchev–Trinajstić information content (AvgIpc) is 2.45. The summed E-state index contributed by atoms with van der Waals surface area (Å²) in [6.07, 6.45) is 2.41. The van der Waals surface area contributed by atoms with E-state index in [1.807, 2.05) is 24.3 Å². The SMILES string of the molecule is CC(C)(C)[Si](C)(C)OCCC#Cc1ccccc1C1CCC1=O. The summed E-state index contributed by atoms with van der Waals surface area (Å²) < 4.78 is 6.14. The second kappa shape index (κ2) is 7.03. The van der Waals surface area contributed by atoms with E-state index in [4.69, 9.17) is 4.43 Å². The second-order valence-electron chi connectivity index (χ2n) is 7.81. The van der Waals surface area contributed by atoms with Gasteiger partial charge in [-0.15, -0.1) is 0 Å². The maximum Gasteiger partial charge on any atom is 0.192 e. The van der Waals surface area contributed by atoms with Crippen molar-refractivity contribution in [2.24, 2.45) is 0 Å². The van der Waals surface area contributed by atoms with Gasteiger partial charge in [-0.25, -0.2) is 0 Å². The number of benzene rings is 1. The Balaban J connectivity index is 1.95. The highest BCUT2D eigenvalue weighted by Crippen LogP contribution is 2.36. The molecule has 2 nitrogen and oxygen atoms in total. The van der Waals surface area contributed by atoms with Crippen LogP contribution in [0.15, 0.2) is 24.3 Å². The lowest BCUT2D eigenvalue weighted by Gasteiger charge is -2.35. The molecule has 0 saturated heterocycles. The van der Waals surface area contributed by atoms with Crippen LogP contribution in [0.1, 0.15) is 57.1 Å². The van der Waals surface area contributed by atoms with Crippen molar-refractivity contribution in [2.45, 2.75) is 64.1 Å². The van der Waals surface area contributed by atoms with E-state index >= 15 is 0 Å². The molecule has 0 amide bonds. The summed E-state index contributed by atoms with van der Waals surface area (Å²) in [5.41, 5.74) is 2.10. The van der Waals surface area contributed by atoms with Crippen LogP contribution >= 0.6 is 0 Å². The van der Waals surface area contributed by atoms with E-state index in [1.165, 1.54) is 0 Å². The van der Waals surface area contributed by atoms with E-state index in [2.05, 4.69) is 45.7 Å². The summed E-state index contributed by atoms with van der Waals surface area (Å²) in [7, 11) is -1.68. The lowest BCUT2D eigenvalue weighted by atomic mass is 9.77. The van der Waals surface area contributed by atoms with Crippen LogP contribution in [0.25, 0.3) is 0 Å². The molecule has 0 aliphatic heterocycles. The van der Waals surface area contributed by atoms with Crippen molar-refractivity contribution in [2.75, 3.05) is 6.61 Å². The molecule has 124 valence electrons. The number of hydrogen-bond acceptors (Lipinski definition) is 2. The Hall–Kier alpha value is -1.37. The zero-order valence-electron chi connectivity index (χ0n) is 15.0. The van der Waals surface area contributed by atoms with Gasteiger partial charge in [-0.2, -0.15) is 0 Å². The van der Waals surface area contributed by atoms with Crippen molar-refractivity contribution in [3.05, 3.63) is 35.4 Å². The van der Waals surface area contributed by atoms with Gasteiger partial charge in [0.1, 0.15) is 5.78 Å². The predicted molar refractivity (Wildman–Crippen MR) is 98.1 cm³/mol.